The summed E-state index contributed by atoms with van der Waals surface area (Å²) in [5.41, 5.74) is 1.58. The van der Waals surface area contributed by atoms with E-state index in [0.717, 1.165) is 23.7 Å². The van der Waals surface area contributed by atoms with Gasteiger partial charge >= 0.3 is 0 Å². The van der Waals surface area contributed by atoms with E-state index in [4.69, 9.17) is 0 Å². The maximum atomic E-state index is 3.43. The van der Waals surface area contributed by atoms with E-state index in [-0.39, 0.29) is 0 Å². The molecule has 2 saturated carbocycles. The van der Waals surface area contributed by atoms with Crippen LogP contribution in [0.15, 0.2) is 42.5 Å². The lowest BCUT2D eigenvalue weighted by molar-refractivity contribution is 0.282. The summed E-state index contributed by atoms with van der Waals surface area (Å²) in [5, 5.41) is 6.20. The molecular formula is C19H23N. The second kappa shape index (κ2) is 4.89. The standard InChI is InChI=1S/C19H23N/c1-20-12-18-15-7-9-17(11-15)19(18)16-8-6-13-4-2-3-5-14(13)10-16/h2-6,8,10,15,17-20H,7,9,11-12H2,1H3/t15-,17-,18?,19?/m0/s1. The van der Waals surface area contributed by atoms with E-state index >= 15 is 0 Å². The van der Waals surface area contributed by atoms with Crippen molar-refractivity contribution in [3.8, 4) is 0 Å². The van der Waals surface area contributed by atoms with E-state index in [9.17, 15) is 0 Å². The molecule has 2 bridgehead atoms. The number of nitrogens with one attached hydrogen (secondary N) is 1. The molecule has 2 aromatic carbocycles. The molecule has 1 heteroatoms. The lowest BCUT2D eigenvalue weighted by Crippen LogP contribution is -2.29. The molecule has 0 amide bonds. The molecule has 2 aliphatic rings. The number of rotatable bonds is 3. The minimum Gasteiger partial charge on any atom is -0.319 e. The summed E-state index contributed by atoms with van der Waals surface area (Å²) in [6, 6.07) is 15.9. The maximum Gasteiger partial charge on any atom is -0.00149 e. The van der Waals surface area contributed by atoms with E-state index in [1.54, 1.807) is 5.56 Å². The molecule has 1 N–H and O–H groups in total. The van der Waals surface area contributed by atoms with Crippen LogP contribution in [-0.2, 0) is 0 Å². The fourth-order valence-electron chi connectivity index (χ4n) is 4.87. The van der Waals surface area contributed by atoms with Crippen LogP contribution < -0.4 is 5.32 Å². The first kappa shape index (κ1) is 12.4. The Labute approximate surface area is 121 Å². The Bertz CT molecular complexity index is 618. The van der Waals surface area contributed by atoms with Crippen LogP contribution in [-0.4, -0.2) is 13.6 Å². The van der Waals surface area contributed by atoms with Gasteiger partial charge in [-0.15, -0.1) is 0 Å². The van der Waals surface area contributed by atoms with Crippen LogP contribution in [0.2, 0.25) is 0 Å². The average molecular weight is 265 g/mol. The zero-order chi connectivity index (χ0) is 13.5. The third kappa shape index (κ3) is 1.88. The van der Waals surface area contributed by atoms with Crippen LogP contribution in [0.1, 0.15) is 30.7 Å². The zero-order valence-electron chi connectivity index (χ0n) is 12.2. The highest BCUT2D eigenvalue weighted by atomic mass is 14.8. The van der Waals surface area contributed by atoms with E-state index in [1.165, 1.54) is 36.6 Å². The Hall–Kier alpha value is -1.34. The zero-order valence-corrected chi connectivity index (χ0v) is 12.2. The molecule has 0 spiro atoms. The monoisotopic (exact) mass is 265 g/mol. The molecular weight excluding hydrogens is 242 g/mol. The summed E-state index contributed by atoms with van der Waals surface area (Å²) in [4.78, 5) is 0. The smallest absolute Gasteiger partial charge is 0.00149 e. The van der Waals surface area contributed by atoms with Gasteiger partial charge in [-0.2, -0.15) is 0 Å². The molecule has 0 aromatic heterocycles. The van der Waals surface area contributed by atoms with Gasteiger partial charge in [-0.25, -0.2) is 0 Å². The first-order valence-corrected chi connectivity index (χ1v) is 8.00. The van der Waals surface area contributed by atoms with Crippen LogP contribution in [0.3, 0.4) is 0 Å². The van der Waals surface area contributed by atoms with Gasteiger partial charge < -0.3 is 5.32 Å². The lowest BCUT2D eigenvalue weighted by atomic mass is 9.75. The summed E-state index contributed by atoms with van der Waals surface area (Å²) in [7, 11) is 2.10. The molecule has 2 aliphatic carbocycles. The predicted molar refractivity (Wildman–Crippen MR) is 84.9 cm³/mol. The van der Waals surface area contributed by atoms with Gasteiger partial charge in [0, 0.05) is 0 Å². The third-order valence-corrected chi connectivity index (χ3v) is 5.69. The number of hydrogen-bond donors (Lipinski definition) is 1. The highest BCUT2D eigenvalue weighted by Crippen LogP contribution is 2.56. The normalized spacial score (nSPS) is 32.0. The van der Waals surface area contributed by atoms with Gasteiger partial charge in [-0.1, -0.05) is 42.5 Å². The van der Waals surface area contributed by atoms with Gasteiger partial charge in [0.1, 0.15) is 0 Å². The van der Waals surface area contributed by atoms with Crippen molar-refractivity contribution >= 4 is 10.8 Å². The van der Waals surface area contributed by atoms with Crippen molar-refractivity contribution in [3.05, 3.63) is 48.0 Å². The van der Waals surface area contributed by atoms with Crippen LogP contribution in [0.4, 0.5) is 0 Å². The molecule has 2 aromatic rings. The highest BCUT2D eigenvalue weighted by Gasteiger charge is 2.47. The van der Waals surface area contributed by atoms with Gasteiger partial charge in [-0.3, -0.25) is 0 Å². The summed E-state index contributed by atoms with van der Waals surface area (Å²) in [6.07, 6.45) is 4.37. The number of hydrogen-bond acceptors (Lipinski definition) is 1. The van der Waals surface area contributed by atoms with Crippen molar-refractivity contribution in [3.63, 3.8) is 0 Å². The van der Waals surface area contributed by atoms with Crippen molar-refractivity contribution in [2.24, 2.45) is 17.8 Å². The second-order valence-electron chi connectivity index (χ2n) is 6.69. The van der Waals surface area contributed by atoms with Gasteiger partial charge in [0.05, 0.1) is 0 Å². The van der Waals surface area contributed by atoms with Crippen molar-refractivity contribution in [2.75, 3.05) is 13.6 Å². The Balaban J connectivity index is 1.73. The van der Waals surface area contributed by atoms with Crippen molar-refractivity contribution in [1.82, 2.24) is 5.32 Å². The van der Waals surface area contributed by atoms with Crippen LogP contribution in [0.25, 0.3) is 10.8 Å². The van der Waals surface area contributed by atoms with E-state index < -0.39 is 0 Å². The Morgan fingerprint density at radius 2 is 1.80 bits per heavy atom. The fourth-order valence-corrected chi connectivity index (χ4v) is 4.87. The summed E-state index contributed by atoms with van der Waals surface area (Å²) < 4.78 is 0. The molecule has 2 unspecified atom stereocenters. The predicted octanol–water partition coefficient (Wildman–Crippen LogP) is 4.19. The molecule has 0 saturated heterocycles. The maximum absolute atomic E-state index is 3.43. The molecule has 0 aliphatic heterocycles. The number of fused-ring (bicyclic) bond motifs is 3. The lowest BCUT2D eigenvalue weighted by Gasteiger charge is -2.31. The minimum atomic E-state index is 0.783. The molecule has 2 fully saturated rings. The SMILES string of the molecule is CNCC1C(c2ccc3ccccc3c2)[C@H]2CC[C@H]1C2. The Morgan fingerprint density at radius 3 is 2.65 bits per heavy atom. The quantitative estimate of drug-likeness (QED) is 0.877. The highest BCUT2D eigenvalue weighted by molar-refractivity contribution is 5.83. The van der Waals surface area contributed by atoms with E-state index in [1.807, 2.05) is 0 Å². The van der Waals surface area contributed by atoms with Gasteiger partial charge in [0.25, 0.3) is 0 Å². The molecule has 104 valence electrons. The molecule has 4 rings (SSSR count). The summed E-state index contributed by atoms with van der Waals surface area (Å²) >= 11 is 0. The summed E-state index contributed by atoms with van der Waals surface area (Å²) in [6.45, 7) is 1.18. The van der Waals surface area contributed by atoms with E-state index in [0.29, 0.717) is 0 Å². The van der Waals surface area contributed by atoms with Crippen molar-refractivity contribution in [1.29, 1.82) is 0 Å². The Morgan fingerprint density at radius 1 is 1.00 bits per heavy atom. The van der Waals surface area contributed by atoms with Gasteiger partial charge in [-0.05, 0) is 72.9 Å². The molecule has 0 radical (unpaired) electrons. The van der Waals surface area contributed by atoms with Gasteiger partial charge in [0.2, 0.25) is 0 Å². The summed E-state index contributed by atoms with van der Waals surface area (Å²) in [5.74, 6) is 3.52. The fraction of sp³-hybridized carbons (Fsp3) is 0.474. The third-order valence-electron chi connectivity index (χ3n) is 5.69. The topological polar surface area (TPSA) is 12.0 Å². The van der Waals surface area contributed by atoms with Crippen molar-refractivity contribution < 1.29 is 0 Å². The second-order valence-corrected chi connectivity index (χ2v) is 6.69. The first-order chi connectivity index (χ1) is 9.86. The molecule has 4 atom stereocenters. The van der Waals surface area contributed by atoms with Crippen LogP contribution in [0.5, 0.6) is 0 Å². The minimum absolute atomic E-state index is 0.783. The largest absolute Gasteiger partial charge is 0.319 e. The first-order valence-electron chi connectivity index (χ1n) is 8.00. The van der Waals surface area contributed by atoms with Gasteiger partial charge in [0.15, 0.2) is 0 Å². The van der Waals surface area contributed by atoms with E-state index in [2.05, 4.69) is 54.8 Å². The Kier molecular flexibility index (Phi) is 3.03. The molecule has 20 heavy (non-hydrogen) atoms. The van der Waals surface area contributed by atoms with Crippen LogP contribution >= 0.6 is 0 Å². The number of benzene rings is 2. The molecule has 0 heterocycles. The van der Waals surface area contributed by atoms with Crippen molar-refractivity contribution in [2.45, 2.75) is 25.2 Å². The van der Waals surface area contributed by atoms with Crippen LogP contribution in [0, 0.1) is 17.8 Å². The molecule has 1 nitrogen and oxygen atoms in total. The average Bonchev–Trinajstić information content (AvgIpc) is 3.08.